The summed E-state index contributed by atoms with van der Waals surface area (Å²) in [5.41, 5.74) is 6.31. The molecular formula is C24H22N4O2. The molecule has 0 aliphatic heterocycles. The minimum Gasteiger partial charge on any atom is -0.486 e. The first-order valence-corrected chi connectivity index (χ1v) is 10.0. The molecule has 0 fully saturated rings. The Balaban J connectivity index is 1.40. The van der Waals surface area contributed by atoms with E-state index in [4.69, 9.17) is 4.74 Å². The van der Waals surface area contributed by atoms with Crippen LogP contribution in [0.4, 0.5) is 5.69 Å². The van der Waals surface area contributed by atoms with Gasteiger partial charge in [-0.15, -0.1) is 0 Å². The van der Waals surface area contributed by atoms with Gasteiger partial charge in [0.1, 0.15) is 17.5 Å². The second-order valence-electron chi connectivity index (χ2n) is 7.66. The topological polar surface area (TPSA) is 68.5 Å². The predicted octanol–water partition coefficient (Wildman–Crippen LogP) is 4.66. The van der Waals surface area contributed by atoms with Crippen LogP contribution in [0.1, 0.15) is 45.4 Å². The number of rotatable bonds is 4. The van der Waals surface area contributed by atoms with Gasteiger partial charge in [0.25, 0.3) is 5.91 Å². The summed E-state index contributed by atoms with van der Waals surface area (Å²) in [6.07, 6.45) is 7.19. The van der Waals surface area contributed by atoms with Crippen LogP contribution in [0.5, 0.6) is 5.75 Å². The fraction of sp³-hybridized carbons (Fsp3) is 0.208. The Morgan fingerprint density at radius 3 is 2.80 bits per heavy atom. The molecular weight excluding hydrogens is 376 g/mol. The molecule has 3 heterocycles. The summed E-state index contributed by atoms with van der Waals surface area (Å²) in [6, 6.07) is 13.6. The van der Waals surface area contributed by atoms with Gasteiger partial charge in [0, 0.05) is 35.7 Å². The normalized spacial score (nSPS) is 15.2. The minimum atomic E-state index is -0.167. The molecule has 3 aromatic heterocycles. The van der Waals surface area contributed by atoms with Gasteiger partial charge in [0.05, 0.1) is 5.56 Å². The quantitative estimate of drug-likeness (QED) is 0.543. The zero-order valence-electron chi connectivity index (χ0n) is 16.9. The summed E-state index contributed by atoms with van der Waals surface area (Å²) in [6.45, 7) is 3.94. The van der Waals surface area contributed by atoms with E-state index in [2.05, 4.69) is 21.4 Å². The van der Waals surface area contributed by atoms with E-state index in [9.17, 15) is 4.79 Å². The fourth-order valence-electron chi connectivity index (χ4n) is 4.12. The van der Waals surface area contributed by atoms with Crippen LogP contribution < -0.4 is 10.1 Å². The largest absolute Gasteiger partial charge is 0.486 e. The Morgan fingerprint density at radius 2 is 1.97 bits per heavy atom. The molecule has 0 radical (unpaired) electrons. The van der Waals surface area contributed by atoms with Gasteiger partial charge in [-0.05, 0) is 74.2 Å². The first-order chi connectivity index (χ1) is 14.6. The van der Waals surface area contributed by atoms with Crippen molar-refractivity contribution < 1.29 is 9.53 Å². The first kappa shape index (κ1) is 18.4. The van der Waals surface area contributed by atoms with E-state index < -0.39 is 0 Å². The lowest BCUT2D eigenvalue weighted by Gasteiger charge is -2.16. The number of pyridine rings is 1. The Kier molecular flexibility index (Phi) is 4.47. The SMILES string of the molecule is Cc1cc(C)n2ccc(C(=O)Nc3ccc4c(c3)C(Oc3ccncc3)CC4)c2n1. The number of amides is 1. The molecule has 150 valence electrons. The highest BCUT2D eigenvalue weighted by atomic mass is 16.5. The standard InChI is InChI=1S/C24H22N4O2/c1-15-13-16(2)28-12-9-20(23(28)26-15)24(29)27-18-5-3-17-4-6-22(21(17)14-18)30-19-7-10-25-11-8-19/h3,5,7-14,22H,4,6H2,1-2H3,(H,27,29). The average Bonchev–Trinajstić information content (AvgIpc) is 3.33. The number of hydrogen-bond donors (Lipinski definition) is 1. The van der Waals surface area contributed by atoms with Crippen molar-refractivity contribution in [1.82, 2.24) is 14.4 Å². The molecule has 0 bridgehead atoms. The van der Waals surface area contributed by atoms with Gasteiger partial charge in [-0.2, -0.15) is 0 Å². The lowest BCUT2D eigenvalue weighted by Crippen LogP contribution is -2.13. The summed E-state index contributed by atoms with van der Waals surface area (Å²) in [7, 11) is 0. The highest BCUT2D eigenvalue weighted by molar-refractivity contribution is 6.08. The van der Waals surface area contributed by atoms with Gasteiger partial charge in [0.15, 0.2) is 0 Å². The molecule has 5 rings (SSSR count). The molecule has 0 spiro atoms. The number of aryl methyl sites for hydroxylation is 3. The van der Waals surface area contributed by atoms with Gasteiger partial charge < -0.3 is 14.5 Å². The Labute approximate surface area is 174 Å². The van der Waals surface area contributed by atoms with E-state index in [1.165, 1.54) is 5.56 Å². The van der Waals surface area contributed by atoms with Crippen molar-refractivity contribution >= 4 is 17.2 Å². The highest BCUT2D eigenvalue weighted by Gasteiger charge is 2.25. The van der Waals surface area contributed by atoms with E-state index in [1.54, 1.807) is 12.4 Å². The number of nitrogens with one attached hydrogen (secondary N) is 1. The Morgan fingerprint density at radius 1 is 1.13 bits per heavy atom. The molecule has 1 amide bonds. The monoisotopic (exact) mass is 398 g/mol. The smallest absolute Gasteiger partial charge is 0.259 e. The number of aromatic nitrogens is 3. The Hall–Kier alpha value is -3.67. The number of nitrogens with zero attached hydrogens (tertiary/aromatic N) is 3. The van der Waals surface area contributed by atoms with Gasteiger partial charge in [0.2, 0.25) is 0 Å². The van der Waals surface area contributed by atoms with Gasteiger partial charge >= 0.3 is 0 Å². The van der Waals surface area contributed by atoms with Crippen LogP contribution in [0, 0.1) is 13.8 Å². The fourth-order valence-corrected chi connectivity index (χ4v) is 4.12. The number of benzene rings is 1. The zero-order chi connectivity index (χ0) is 20.7. The molecule has 1 aliphatic rings. The molecule has 30 heavy (non-hydrogen) atoms. The molecule has 1 atom stereocenters. The van der Waals surface area contributed by atoms with Crippen molar-refractivity contribution in [2.45, 2.75) is 32.8 Å². The number of fused-ring (bicyclic) bond motifs is 2. The summed E-state index contributed by atoms with van der Waals surface area (Å²) in [5, 5.41) is 3.03. The van der Waals surface area contributed by atoms with Gasteiger partial charge in [-0.25, -0.2) is 4.98 Å². The first-order valence-electron chi connectivity index (χ1n) is 10.0. The zero-order valence-corrected chi connectivity index (χ0v) is 16.9. The maximum Gasteiger partial charge on any atom is 0.259 e. The number of ether oxygens (including phenoxy) is 1. The van der Waals surface area contributed by atoms with E-state index in [1.807, 2.05) is 60.8 Å². The summed E-state index contributed by atoms with van der Waals surface area (Å²) >= 11 is 0. The van der Waals surface area contributed by atoms with Gasteiger partial charge in [-0.1, -0.05) is 6.07 Å². The summed E-state index contributed by atoms with van der Waals surface area (Å²) in [5.74, 6) is 0.633. The second kappa shape index (κ2) is 7.30. The van der Waals surface area contributed by atoms with Crippen molar-refractivity contribution in [3.8, 4) is 5.75 Å². The molecule has 0 saturated heterocycles. The van der Waals surface area contributed by atoms with Crippen LogP contribution in [-0.2, 0) is 6.42 Å². The molecule has 6 heteroatoms. The third-order valence-corrected chi connectivity index (χ3v) is 5.54. The summed E-state index contributed by atoms with van der Waals surface area (Å²) < 4.78 is 8.09. The van der Waals surface area contributed by atoms with Crippen molar-refractivity contribution in [3.63, 3.8) is 0 Å². The number of carbonyl (C=O) groups is 1. The Bertz CT molecular complexity index is 1250. The molecule has 1 N–H and O–H groups in total. The van der Waals surface area contributed by atoms with Crippen LogP contribution in [0.25, 0.3) is 5.65 Å². The maximum atomic E-state index is 13.0. The highest BCUT2D eigenvalue weighted by Crippen LogP contribution is 2.36. The number of anilines is 1. The summed E-state index contributed by atoms with van der Waals surface area (Å²) in [4.78, 5) is 21.6. The van der Waals surface area contributed by atoms with E-state index in [0.717, 1.165) is 41.2 Å². The molecule has 4 aromatic rings. The molecule has 1 aliphatic carbocycles. The van der Waals surface area contributed by atoms with Crippen molar-refractivity contribution in [3.05, 3.63) is 89.1 Å². The lowest BCUT2D eigenvalue weighted by molar-refractivity contribution is 0.102. The van der Waals surface area contributed by atoms with Crippen molar-refractivity contribution in [2.75, 3.05) is 5.32 Å². The number of carbonyl (C=O) groups excluding carboxylic acids is 1. The molecule has 0 saturated carbocycles. The predicted molar refractivity (Wildman–Crippen MR) is 115 cm³/mol. The third kappa shape index (κ3) is 3.30. The third-order valence-electron chi connectivity index (χ3n) is 5.54. The van der Waals surface area contributed by atoms with Crippen LogP contribution in [-0.4, -0.2) is 20.3 Å². The second-order valence-corrected chi connectivity index (χ2v) is 7.66. The van der Waals surface area contributed by atoms with Crippen LogP contribution in [0.3, 0.4) is 0 Å². The van der Waals surface area contributed by atoms with E-state index in [-0.39, 0.29) is 12.0 Å². The van der Waals surface area contributed by atoms with Crippen LogP contribution >= 0.6 is 0 Å². The average molecular weight is 398 g/mol. The molecule has 1 aromatic carbocycles. The van der Waals surface area contributed by atoms with E-state index in [0.29, 0.717) is 11.2 Å². The minimum absolute atomic E-state index is 0.0264. The van der Waals surface area contributed by atoms with Gasteiger partial charge in [-0.3, -0.25) is 9.78 Å². The lowest BCUT2D eigenvalue weighted by atomic mass is 10.1. The van der Waals surface area contributed by atoms with Crippen LogP contribution in [0.2, 0.25) is 0 Å². The van der Waals surface area contributed by atoms with Crippen molar-refractivity contribution in [2.24, 2.45) is 0 Å². The maximum absolute atomic E-state index is 13.0. The van der Waals surface area contributed by atoms with Crippen LogP contribution in [0.15, 0.2) is 61.1 Å². The molecule has 1 unspecified atom stereocenters. The van der Waals surface area contributed by atoms with E-state index >= 15 is 0 Å². The molecule has 6 nitrogen and oxygen atoms in total. The number of hydrogen-bond acceptors (Lipinski definition) is 4. The van der Waals surface area contributed by atoms with Crippen molar-refractivity contribution in [1.29, 1.82) is 0 Å².